The zero-order chi connectivity index (χ0) is 15.4. The van der Waals surface area contributed by atoms with Gasteiger partial charge >= 0.3 is 0 Å². The summed E-state index contributed by atoms with van der Waals surface area (Å²) in [7, 11) is 2.09. The van der Waals surface area contributed by atoms with Gasteiger partial charge in [0.1, 0.15) is 18.0 Å². The van der Waals surface area contributed by atoms with Gasteiger partial charge < -0.3 is 19.3 Å². The first-order valence-electron chi connectivity index (χ1n) is 8.28. The fourth-order valence-electron chi connectivity index (χ4n) is 3.09. The average molecular weight is 306 g/mol. The molecule has 0 aromatic carbocycles. The fraction of sp³-hybridized carbons (Fsp3) is 0.750. The van der Waals surface area contributed by atoms with E-state index in [2.05, 4.69) is 39.8 Å². The van der Waals surface area contributed by atoms with E-state index in [0.717, 1.165) is 57.3 Å². The Bertz CT molecular complexity index is 481. The van der Waals surface area contributed by atoms with E-state index in [9.17, 15) is 0 Å². The lowest BCUT2D eigenvalue weighted by molar-refractivity contribution is -0.169. The van der Waals surface area contributed by atoms with Crippen LogP contribution in [0.2, 0.25) is 0 Å². The number of anilines is 2. The van der Waals surface area contributed by atoms with Crippen LogP contribution in [-0.4, -0.2) is 55.7 Å². The second-order valence-electron chi connectivity index (χ2n) is 6.10. The zero-order valence-corrected chi connectivity index (χ0v) is 13.6. The molecule has 0 unspecified atom stereocenters. The summed E-state index contributed by atoms with van der Waals surface area (Å²) in [5.41, 5.74) is 0. The van der Waals surface area contributed by atoms with Crippen LogP contribution in [0.1, 0.15) is 32.6 Å². The van der Waals surface area contributed by atoms with Gasteiger partial charge in [-0.3, -0.25) is 0 Å². The Morgan fingerprint density at radius 2 is 1.95 bits per heavy atom. The van der Waals surface area contributed by atoms with Crippen LogP contribution in [0.15, 0.2) is 12.4 Å². The molecule has 6 nitrogen and oxygen atoms in total. The third kappa shape index (κ3) is 3.33. The van der Waals surface area contributed by atoms with Crippen molar-refractivity contribution in [1.82, 2.24) is 9.97 Å². The highest BCUT2D eigenvalue weighted by molar-refractivity contribution is 5.50. The number of hydrogen-bond donors (Lipinski definition) is 0. The van der Waals surface area contributed by atoms with Crippen LogP contribution in [-0.2, 0) is 9.47 Å². The summed E-state index contributed by atoms with van der Waals surface area (Å²) in [5, 5.41) is 0. The minimum absolute atomic E-state index is 0.329. The first-order valence-corrected chi connectivity index (χ1v) is 8.28. The number of aromatic nitrogens is 2. The predicted octanol–water partition coefficient (Wildman–Crippen LogP) is 2.06. The summed E-state index contributed by atoms with van der Waals surface area (Å²) in [6.07, 6.45) is 5.84. The van der Waals surface area contributed by atoms with E-state index in [4.69, 9.17) is 9.47 Å². The largest absolute Gasteiger partial charge is 0.360 e. The standard InChI is InChI=1S/C16H26N4O2/c1-3-4-7-19(2)14-12-15(18-13-17-14)20-8-5-16(6-9-20)21-10-11-22-16/h12-13H,3-11H2,1-2H3. The highest BCUT2D eigenvalue weighted by Gasteiger charge is 2.40. The minimum atomic E-state index is -0.329. The Labute approximate surface area is 132 Å². The lowest BCUT2D eigenvalue weighted by Crippen LogP contribution is -2.45. The second kappa shape index (κ2) is 6.79. The molecule has 1 spiro atoms. The zero-order valence-electron chi connectivity index (χ0n) is 13.6. The summed E-state index contributed by atoms with van der Waals surface area (Å²) in [5.74, 6) is 1.66. The lowest BCUT2D eigenvalue weighted by Gasteiger charge is -2.38. The molecule has 122 valence electrons. The third-order valence-corrected chi connectivity index (χ3v) is 4.54. The molecule has 0 saturated carbocycles. The van der Waals surface area contributed by atoms with Crippen molar-refractivity contribution >= 4 is 11.6 Å². The van der Waals surface area contributed by atoms with Gasteiger partial charge in [-0.15, -0.1) is 0 Å². The molecule has 3 heterocycles. The number of rotatable bonds is 5. The molecule has 0 bridgehead atoms. The highest BCUT2D eigenvalue weighted by Crippen LogP contribution is 2.33. The van der Waals surface area contributed by atoms with Crippen LogP contribution in [0.5, 0.6) is 0 Å². The first kappa shape index (κ1) is 15.5. The quantitative estimate of drug-likeness (QED) is 0.830. The monoisotopic (exact) mass is 306 g/mol. The molecular weight excluding hydrogens is 280 g/mol. The Morgan fingerprint density at radius 3 is 2.64 bits per heavy atom. The molecule has 2 fully saturated rings. The summed E-state index contributed by atoms with van der Waals surface area (Å²) >= 11 is 0. The van der Waals surface area contributed by atoms with Gasteiger partial charge in [0.2, 0.25) is 0 Å². The lowest BCUT2D eigenvalue weighted by atomic mass is 10.0. The van der Waals surface area contributed by atoms with Crippen LogP contribution in [0.25, 0.3) is 0 Å². The smallest absolute Gasteiger partial charge is 0.171 e. The molecule has 6 heteroatoms. The molecule has 3 rings (SSSR count). The van der Waals surface area contributed by atoms with Crippen LogP contribution in [0.4, 0.5) is 11.6 Å². The van der Waals surface area contributed by atoms with Crippen molar-refractivity contribution in [3.63, 3.8) is 0 Å². The van der Waals surface area contributed by atoms with Crippen LogP contribution in [0, 0.1) is 0 Å². The van der Waals surface area contributed by atoms with Crippen molar-refractivity contribution in [2.24, 2.45) is 0 Å². The summed E-state index contributed by atoms with van der Waals surface area (Å²) < 4.78 is 11.6. The van der Waals surface area contributed by atoms with Crippen molar-refractivity contribution in [3.8, 4) is 0 Å². The molecule has 2 aliphatic rings. The maximum Gasteiger partial charge on any atom is 0.171 e. The molecule has 1 aromatic rings. The third-order valence-electron chi connectivity index (χ3n) is 4.54. The maximum absolute atomic E-state index is 5.78. The van der Waals surface area contributed by atoms with Crippen LogP contribution >= 0.6 is 0 Å². The van der Waals surface area contributed by atoms with Gasteiger partial charge in [0.25, 0.3) is 0 Å². The summed E-state index contributed by atoms with van der Waals surface area (Å²) in [6, 6.07) is 2.09. The summed E-state index contributed by atoms with van der Waals surface area (Å²) in [6.45, 7) is 6.50. The van der Waals surface area contributed by atoms with Crippen molar-refractivity contribution in [2.45, 2.75) is 38.4 Å². The Kier molecular flexibility index (Phi) is 4.78. The molecule has 0 N–H and O–H groups in total. The number of nitrogens with zero attached hydrogens (tertiary/aromatic N) is 4. The Morgan fingerprint density at radius 1 is 1.23 bits per heavy atom. The molecule has 0 radical (unpaired) electrons. The normalized spacial score (nSPS) is 20.5. The van der Waals surface area contributed by atoms with Crippen LogP contribution < -0.4 is 9.80 Å². The summed E-state index contributed by atoms with van der Waals surface area (Å²) in [4.78, 5) is 13.3. The minimum Gasteiger partial charge on any atom is -0.360 e. The van der Waals surface area contributed by atoms with E-state index >= 15 is 0 Å². The molecule has 1 aromatic heterocycles. The van der Waals surface area contributed by atoms with E-state index < -0.39 is 0 Å². The second-order valence-corrected chi connectivity index (χ2v) is 6.10. The van der Waals surface area contributed by atoms with Gasteiger partial charge in [-0.2, -0.15) is 0 Å². The first-order chi connectivity index (χ1) is 10.7. The number of unbranched alkanes of at least 4 members (excludes halogenated alkanes) is 1. The number of ether oxygens (including phenoxy) is 2. The van der Waals surface area contributed by atoms with Gasteiger partial charge in [0.15, 0.2) is 5.79 Å². The Hall–Kier alpha value is -1.40. The van der Waals surface area contributed by atoms with Gasteiger partial charge in [-0.05, 0) is 6.42 Å². The topological polar surface area (TPSA) is 50.7 Å². The average Bonchev–Trinajstić information content (AvgIpc) is 3.01. The van der Waals surface area contributed by atoms with E-state index in [0.29, 0.717) is 0 Å². The van der Waals surface area contributed by atoms with Crippen molar-refractivity contribution in [1.29, 1.82) is 0 Å². The maximum atomic E-state index is 5.78. The molecule has 0 aliphatic carbocycles. The van der Waals surface area contributed by atoms with Crippen molar-refractivity contribution in [3.05, 3.63) is 12.4 Å². The van der Waals surface area contributed by atoms with Crippen LogP contribution in [0.3, 0.4) is 0 Å². The van der Waals surface area contributed by atoms with E-state index in [1.165, 1.54) is 12.8 Å². The number of hydrogen-bond acceptors (Lipinski definition) is 6. The van der Waals surface area contributed by atoms with E-state index in [1.807, 2.05) is 0 Å². The van der Waals surface area contributed by atoms with Gasteiger partial charge in [0, 0.05) is 45.6 Å². The molecule has 0 amide bonds. The SMILES string of the molecule is CCCCN(C)c1cc(N2CCC3(CC2)OCCO3)ncn1. The van der Waals surface area contributed by atoms with E-state index in [1.54, 1.807) is 6.33 Å². The fourth-order valence-corrected chi connectivity index (χ4v) is 3.09. The van der Waals surface area contributed by atoms with Crippen molar-refractivity contribution in [2.75, 3.05) is 49.7 Å². The van der Waals surface area contributed by atoms with E-state index in [-0.39, 0.29) is 5.79 Å². The molecule has 2 saturated heterocycles. The number of piperidine rings is 1. The molecule has 22 heavy (non-hydrogen) atoms. The van der Waals surface area contributed by atoms with Gasteiger partial charge in [-0.25, -0.2) is 9.97 Å². The molecule has 2 aliphatic heterocycles. The predicted molar refractivity (Wildman–Crippen MR) is 86.3 cm³/mol. The molecular formula is C16H26N4O2. The van der Waals surface area contributed by atoms with Gasteiger partial charge in [0.05, 0.1) is 13.2 Å². The van der Waals surface area contributed by atoms with Crippen molar-refractivity contribution < 1.29 is 9.47 Å². The highest BCUT2D eigenvalue weighted by atomic mass is 16.7. The molecule has 0 atom stereocenters. The Balaban J connectivity index is 1.63. The van der Waals surface area contributed by atoms with Gasteiger partial charge in [-0.1, -0.05) is 13.3 Å².